The summed E-state index contributed by atoms with van der Waals surface area (Å²) >= 11 is 0. The van der Waals surface area contributed by atoms with Gasteiger partial charge < -0.3 is 20.1 Å². The molecule has 1 amide bonds. The standard InChI is InChI=1S/C10H14N2O5/c11-12-10(16)8-2-1-7(3-9(8)15)17-5-6(14)4-13/h1-3,6,13-15H,4-5,11H2,(H,12,16). The van der Waals surface area contributed by atoms with E-state index in [9.17, 15) is 9.90 Å². The van der Waals surface area contributed by atoms with Crippen molar-refractivity contribution in [1.82, 2.24) is 5.43 Å². The maximum atomic E-state index is 11.1. The first-order chi connectivity index (χ1) is 8.08. The Morgan fingerprint density at radius 1 is 1.53 bits per heavy atom. The molecule has 1 atom stereocenters. The lowest BCUT2D eigenvalue weighted by atomic mass is 10.2. The van der Waals surface area contributed by atoms with Crippen LogP contribution in [0.2, 0.25) is 0 Å². The largest absolute Gasteiger partial charge is 0.507 e. The number of rotatable bonds is 5. The highest BCUT2D eigenvalue weighted by Crippen LogP contribution is 2.23. The second-order valence-corrected chi connectivity index (χ2v) is 3.30. The minimum absolute atomic E-state index is 0.0163. The van der Waals surface area contributed by atoms with Crippen molar-refractivity contribution >= 4 is 5.91 Å². The maximum Gasteiger partial charge on any atom is 0.268 e. The van der Waals surface area contributed by atoms with Gasteiger partial charge in [0.05, 0.1) is 12.2 Å². The minimum atomic E-state index is -0.996. The van der Waals surface area contributed by atoms with Gasteiger partial charge in [0.1, 0.15) is 24.2 Å². The second kappa shape index (κ2) is 6.04. The molecular weight excluding hydrogens is 228 g/mol. The highest BCUT2D eigenvalue weighted by atomic mass is 16.5. The lowest BCUT2D eigenvalue weighted by Gasteiger charge is -2.11. The number of carbonyl (C=O) groups is 1. The molecule has 6 N–H and O–H groups in total. The molecule has 0 spiro atoms. The predicted octanol–water partition coefficient (Wildman–Crippen LogP) is -1.27. The van der Waals surface area contributed by atoms with Crippen LogP contribution in [0.15, 0.2) is 18.2 Å². The molecule has 0 fully saturated rings. The molecule has 0 aliphatic carbocycles. The molecule has 0 aliphatic rings. The number of nitrogen functional groups attached to an aromatic ring is 1. The normalized spacial score (nSPS) is 11.9. The van der Waals surface area contributed by atoms with E-state index in [0.29, 0.717) is 0 Å². The number of benzene rings is 1. The molecule has 7 heteroatoms. The van der Waals surface area contributed by atoms with E-state index in [-0.39, 0.29) is 23.7 Å². The van der Waals surface area contributed by atoms with Gasteiger partial charge in [-0.3, -0.25) is 10.2 Å². The zero-order valence-electron chi connectivity index (χ0n) is 8.96. The van der Waals surface area contributed by atoms with Crippen LogP contribution >= 0.6 is 0 Å². The smallest absolute Gasteiger partial charge is 0.268 e. The molecule has 0 aromatic heterocycles. The molecule has 0 bridgehead atoms. The Kier molecular flexibility index (Phi) is 4.70. The van der Waals surface area contributed by atoms with Gasteiger partial charge in [-0.2, -0.15) is 0 Å². The number of aliphatic hydroxyl groups excluding tert-OH is 2. The highest BCUT2D eigenvalue weighted by molar-refractivity contribution is 5.96. The van der Waals surface area contributed by atoms with Gasteiger partial charge in [-0.05, 0) is 12.1 Å². The van der Waals surface area contributed by atoms with E-state index in [4.69, 9.17) is 20.8 Å². The molecular formula is C10H14N2O5. The molecule has 1 aromatic rings. The number of phenols is 1. The highest BCUT2D eigenvalue weighted by Gasteiger charge is 2.11. The number of ether oxygens (including phenoxy) is 1. The number of nitrogens with one attached hydrogen (secondary N) is 1. The summed E-state index contributed by atoms with van der Waals surface area (Å²) in [5.41, 5.74) is 1.90. The molecule has 0 aliphatic heterocycles. The van der Waals surface area contributed by atoms with Crippen LogP contribution in [0.1, 0.15) is 10.4 Å². The third-order valence-electron chi connectivity index (χ3n) is 2.00. The molecule has 1 aromatic carbocycles. The molecule has 1 rings (SSSR count). The average molecular weight is 242 g/mol. The zero-order chi connectivity index (χ0) is 12.8. The van der Waals surface area contributed by atoms with Gasteiger partial charge >= 0.3 is 0 Å². The van der Waals surface area contributed by atoms with Crippen molar-refractivity contribution in [2.45, 2.75) is 6.10 Å². The number of amides is 1. The summed E-state index contributed by atoms with van der Waals surface area (Å²) in [6, 6.07) is 3.99. The van der Waals surface area contributed by atoms with Crippen molar-refractivity contribution in [2.24, 2.45) is 5.84 Å². The van der Waals surface area contributed by atoms with Gasteiger partial charge in [0.25, 0.3) is 5.91 Å². The van der Waals surface area contributed by atoms with Crippen LogP contribution < -0.4 is 16.0 Å². The number of hydrazine groups is 1. The van der Waals surface area contributed by atoms with E-state index in [1.54, 1.807) is 0 Å². The first kappa shape index (κ1) is 13.2. The van der Waals surface area contributed by atoms with Crippen LogP contribution in [0.25, 0.3) is 0 Å². The summed E-state index contributed by atoms with van der Waals surface area (Å²) < 4.78 is 5.07. The van der Waals surface area contributed by atoms with Crippen LogP contribution in [0.4, 0.5) is 0 Å². The fourth-order valence-corrected chi connectivity index (χ4v) is 1.12. The van der Waals surface area contributed by atoms with Gasteiger partial charge in [0.2, 0.25) is 0 Å². The monoisotopic (exact) mass is 242 g/mol. The summed E-state index contributed by atoms with van der Waals surface area (Å²) in [5.74, 6) is 4.28. The number of nitrogens with two attached hydrogens (primary N) is 1. The van der Waals surface area contributed by atoms with Crippen LogP contribution in [0.3, 0.4) is 0 Å². The second-order valence-electron chi connectivity index (χ2n) is 3.30. The topological polar surface area (TPSA) is 125 Å². The number of hydrogen-bond acceptors (Lipinski definition) is 6. The average Bonchev–Trinajstić information content (AvgIpc) is 2.35. The Labute approximate surface area is 97.4 Å². The van der Waals surface area contributed by atoms with E-state index in [2.05, 4.69) is 0 Å². The minimum Gasteiger partial charge on any atom is -0.507 e. The number of carbonyl (C=O) groups excluding carboxylic acids is 1. The maximum absolute atomic E-state index is 11.1. The van der Waals surface area contributed by atoms with E-state index in [0.717, 1.165) is 0 Å². The number of hydrogen-bond donors (Lipinski definition) is 5. The first-order valence-corrected chi connectivity index (χ1v) is 4.84. The van der Waals surface area contributed by atoms with Crippen molar-refractivity contribution in [1.29, 1.82) is 0 Å². The molecule has 0 radical (unpaired) electrons. The zero-order valence-corrected chi connectivity index (χ0v) is 8.96. The van der Waals surface area contributed by atoms with Crippen molar-refractivity contribution in [3.8, 4) is 11.5 Å². The number of aromatic hydroxyl groups is 1. The SMILES string of the molecule is NNC(=O)c1ccc(OCC(O)CO)cc1O. The lowest BCUT2D eigenvalue weighted by Crippen LogP contribution is -2.30. The summed E-state index contributed by atoms with van der Waals surface area (Å²) in [6.45, 7) is -0.530. The van der Waals surface area contributed by atoms with Gasteiger partial charge in [-0.25, -0.2) is 5.84 Å². The third-order valence-corrected chi connectivity index (χ3v) is 2.00. The summed E-state index contributed by atoms with van der Waals surface area (Å²) in [5, 5.41) is 27.1. The van der Waals surface area contributed by atoms with E-state index in [1.807, 2.05) is 5.43 Å². The number of phenolic OH excluding ortho intramolecular Hbond substituents is 1. The van der Waals surface area contributed by atoms with E-state index < -0.39 is 18.6 Å². The predicted molar refractivity (Wildman–Crippen MR) is 58.3 cm³/mol. The Morgan fingerprint density at radius 3 is 2.76 bits per heavy atom. The number of aliphatic hydroxyl groups is 2. The summed E-state index contributed by atoms with van der Waals surface area (Å²) in [6.07, 6.45) is -0.996. The van der Waals surface area contributed by atoms with Crippen molar-refractivity contribution in [2.75, 3.05) is 13.2 Å². The molecule has 0 heterocycles. The first-order valence-electron chi connectivity index (χ1n) is 4.84. The quantitative estimate of drug-likeness (QED) is 0.249. The Balaban J connectivity index is 2.72. The Bertz CT molecular complexity index is 396. The van der Waals surface area contributed by atoms with Gasteiger partial charge in [0, 0.05) is 6.07 Å². The van der Waals surface area contributed by atoms with E-state index in [1.165, 1.54) is 18.2 Å². The van der Waals surface area contributed by atoms with Crippen LogP contribution in [0.5, 0.6) is 11.5 Å². The molecule has 0 saturated heterocycles. The molecule has 94 valence electrons. The fraction of sp³-hybridized carbons (Fsp3) is 0.300. The molecule has 7 nitrogen and oxygen atoms in total. The summed E-state index contributed by atoms with van der Waals surface area (Å²) in [7, 11) is 0. The van der Waals surface area contributed by atoms with Gasteiger partial charge in [0.15, 0.2) is 0 Å². The van der Waals surface area contributed by atoms with Crippen LogP contribution in [0, 0.1) is 0 Å². The van der Waals surface area contributed by atoms with Crippen molar-refractivity contribution in [3.05, 3.63) is 23.8 Å². The van der Waals surface area contributed by atoms with Crippen molar-refractivity contribution < 1.29 is 24.9 Å². The van der Waals surface area contributed by atoms with Gasteiger partial charge in [-0.15, -0.1) is 0 Å². The van der Waals surface area contributed by atoms with Crippen molar-refractivity contribution in [3.63, 3.8) is 0 Å². The van der Waals surface area contributed by atoms with E-state index >= 15 is 0 Å². The van der Waals surface area contributed by atoms with Crippen LogP contribution in [-0.4, -0.2) is 40.5 Å². The van der Waals surface area contributed by atoms with Crippen LogP contribution in [-0.2, 0) is 0 Å². The lowest BCUT2D eigenvalue weighted by molar-refractivity contribution is 0.0535. The fourth-order valence-electron chi connectivity index (χ4n) is 1.12. The Morgan fingerprint density at radius 2 is 2.24 bits per heavy atom. The third kappa shape index (κ3) is 3.59. The summed E-state index contributed by atoms with van der Waals surface area (Å²) in [4.78, 5) is 11.1. The van der Waals surface area contributed by atoms with Gasteiger partial charge in [-0.1, -0.05) is 0 Å². The Hall–Kier alpha value is -1.83. The molecule has 1 unspecified atom stereocenters. The molecule has 0 saturated carbocycles. The molecule has 17 heavy (non-hydrogen) atoms.